The molecule has 5 aromatic rings. The van der Waals surface area contributed by atoms with Gasteiger partial charge in [0.25, 0.3) is 0 Å². The normalized spacial score (nSPS) is 11.8. The van der Waals surface area contributed by atoms with Crippen molar-refractivity contribution in [1.29, 1.82) is 0 Å². The molecule has 0 aliphatic heterocycles. The lowest BCUT2D eigenvalue weighted by molar-refractivity contribution is 0.781. The van der Waals surface area contributed by atoms with E-state index in [1.807, 2.05) is 47.4 Å². The first-order valence-electron chi connectivity index (χ1n) is 8.60. The van der Waals surface area contributed by atoms with Gasteiger partial charge in [-0.25, -0.2) is 19.0 Å². The zero-order chi connectivity index (χ0) is 17.7. The number of pyridine rings is 1. The van der Waals surface area contributed by atoms with E-state index in [1.54, 1.807) is 0 Å². The molecule has 0 N–H and O–H groups in total. The van der Waals surface area contributed by atoms with Gasteiger partial charge in [-0.15, -0.1) is 0 Å². The van der Waals surface area contributed by atoms with Gasteiger partial charge >= 0.3 is 0 Å². The summed E-state index contributed by atoms with van der Waals surface area (Å²) in [5.41, 5.74) is 3.55. The van der Waals surface area contributed by atoms with Crippen LogP contribution in [0.4, 0.5) is 0 Å². The highest BCUT2D eigenvalue weighted by molar-refractivity contribution is 5.93. The topological polar surface area (TPSA) is 73.3 Å². The predicted molar refractivity (Wildman–Crippen MR) is 98.2 cm³/mol. The fraction of sp³-hybridized carbons (Fsp3) is 0.211. The van der Waals surface area contributed by atoms with E-state index in [1.165, 1.54) is 5.39 Å². The van der Waals surface area contributed by atoms with Crippen LogP contribution in [-0.2, 0) is 12.8 Å². The first-order valence-corrected chi connectivity index (χ1v) is 8.60. The summed E-state index contributed by atoms with van der Waals surface area (Å²) >= 11 is 0. The summed E-state index contributed by atoms with van der Waals surface area (Å²) < 4.78 is 3.69. The lowest BCUT2D eigenvalue weighted by Gasteiger charge is -1.97. The molecule has 0 aliphatic rings. The van der Waals surface area contributed by atoms with Gasteiger partial charge in [0.2, 0.25) is 0 Å². The Kier molecular flexibility index (Phi) is 3.21. The van der Waals surface area contributed by atoms with Crippen LogP contribution in [0.25, 0.3) is 22.1 Å². The molecule has 0 atom stereocenters. The number of aromatic nitrogens is 7. The van der Waals surface area contributed by atoms with E-state index >= 15 is 0 Å². The van der Waals surface area contributed by atoms with E-state index < -0.39 is 0 Å². The molecule has 0 bridgehead atoms. The molecule has 4 aromatic heterocycles. The molecular weight excluding hydrogens is 326 g/mol. The average molecular weight is 343 g/mol. The van der Waals surface area contributed by atoms with E-state index in [-0.39, 0.29) is 0 Å². The van der Waals surface area contributed by atoms with Crippen molar-refractivity contribution >= 4 is 22.1 Å². The second-order valence-electron chi connectivity index (χ2n) is 6.45. The number of benzene rings is 1. The number of fused-ring (bicyclic) bond motifs is 4. The zero-order valence-corrected chi connectivity index (χ0v) is 14.6. The summed E-state index contributed by atoms with van der Waals surface area (Å²) in [6, 6.07) is 10.3. The fourth-order valence-corrected chi connectivity index (χ4v) is 3.22. The van der Waals surface area contributed by atoms with Crippen LogP contribution in [0.3, 0.4) is 0 Å². The van der Waals surface area contributed by atoms with E-state index in [0.29, 0.717) is 12.8 Å². The Bertz CT molecular complexity index is 1230. The highest BCUT2D eigenvalue weighted by Crippen LogP contribution is 2.18. The SMILES string of the molecule is Cc1ncc(C)n2nc(CCc3nc4c5ccccc5ccn4n3)nc12. The molecule has 1 aromatic carbocycles. The minimum atomic E-state index is 0.690. The van der Waals surface area contributed by atoms with Crippen molar-refractivity contribution in [2.75, 3.05) is 0 Å². The largest absolute Gasteiger partial charge is 0.256 e. The van der Waals surface area contributed by atoms with Gasteiger partial charge in [0.05, 0.1) is 11.4 Å². The smallest absolute Gasteiger partial charge is 0.177 e. The molecule has 0 saturated heterocycles. The van der Waals surface area contributed by atoms with Crippen LogP contribution in [0.15, 0.2) is 42.7 Å². The molecule has 0 saturated carbocycles. The third kappa shape index (κ3) is 2.32. The van der Waals surface area contributed by atoms with Crippen LogP contribution in [0.2, 0.25) is 0 Å². The molecule has 0 spiro atoms. The van der Waals surface area contributed by atoms with Crippen molar-refractivity contribution in [2.45, 2.75) is 26.7 Å². The fourth-order valence-electron chi connectivity index (χ4n) is 3.22. The minimum Gasteiger partial charge on any atom is -0.256 e. The monoisotopic (exact) mass is 343 g/mol. The van der Waals surface area contributed by atoms with Gasteiger partial charge in [-0.2, -0.15) is 10.2 Å². The minimum absolute atomic E-state index is 0.690. The second kappa shape index (κ2) is 5.59. The molecule has 0 aliphatic carbocycles. The van der Waals surface area contributed by atoms with Gasteiger partial charge < -0.3 is 0 Å². The second-order valence-corrected chi connectivity index (χ2v) is 6.45. The van der Waals surface area contributed by atoms with Crippen molar-refractivity contribution in [3.8, 4) is 0 Å². The lowest BCUT2D eigenvalue weighted by Crippen LogP contribution is -1.98. The lowest BCUT2D eigenvalue weighted by atomic mass is 10.2. The summed E-state index contributed by atoms with van der Waals surface area (Å²) in [4.78, 5) is 13.7. The van der Waals surface area contributed by atoms with Crippen LogP contribution in [0, 0.1) is 13.8 Å². The van der Waals surface area contributed by atoms with E-state index in [4.69, 9.17) is 4.98 Å². The molecular formula is C19H17N7. The summed E-state index contributed by atoms with van der Waals surface area (Å²) in [5.74, 6) is 1.58. The maximum absolute atomic E-state index is 4.72. The Morgan fingerprint density at radius 2 is 1.65 bits per heavy atom. The quantitative estimate of drug-likeness (QED) is 0.504. The molecule has 4 heterocycles. The van der Waals surface area contributed by atoms with Crippen LogP contribution in [0.5, 0.6) is 0 Å². The molecule has 7 nitrogen and oxygen atoms in total. The molecule has 128 valence electrons. The van der Waals surface area contributed by atoms with Crippen LogP contribution in [-0.4, -0.2) is 34.2 Å². The zero-order valence-electron chi connectivity index (χ0n) is 14.6. The molecule has 0 amide bonds. The molecule has 26 heavy (non-hydrogen) atoms. The first kappa shape index (κ1) is 14.9. The number of hydrogen-bond donors (Lipinski definition) is 0. The Labute approximate surface area is 149 Å². The third-order valence-electron chi connectivity index (χ3n) is 4.60. The Morgan fingerprint density at radius 3 is 2.50 bits per heavy atom. The van der Waals surface area contributed by atoms with Gasteiger partial charge in [0, 0.05) is 30.6 Å². The maximum Gasteiger partial charge on any atom is 0.177 e. The highest BCUT2D eigenvalue weighted by Gasteiger charge is 2.11. The Hall–Kier alpha value is -3.35. The van der Waals surface area contributed by atoms with Crippen molar-refractivity contribution in [3.63, 3.8) is 0 Å². The van der Waals surface area contributed by atoms with Crippen molar-refractivity contribution in [2.24, 2.45) is 0 Å². The van der Waals surface area contributed by atoms with Crippen molar-refractivity contribution < 1.29 is 0 Å². The number of aryl methyl sites for hydroxylation is 4. The summed E-state index contributed by atoms with van der Waals surface area (Å²) in [5, 5.41) is 11.5. The number of nitrogens with zero attached hydrogens (tertiary/aromatic N) is 7. The van der Waals surface area contributed by atoms with Gasteiger partial charge in [-0.1, -0.05) is 24.3 Å². The summed E-state index contributed by atoms with van der Waals surface area (Å²) in [6.07, 6.45) is 5.15. The number of rotatable bonds is 3. The summed E-state index contributed by atoms with van der Waals surface area (Å²) in [7, 11) is 0. The van der Waals surface area contributed by atoms with Crippen LogP contribution >= 0.6 is 0 Å². The van der Waals surface area contributed by atoms with Gasteiger partial charge in [-0.3, -0.25) is 4.98 Å². The van der Waals surface area contributed by atoms with E-state index in [2.05, 4.69) is 38.4 Å². The highest BCUT2D eigenvalue weighted by atomic mass is 15.3. The average Bonchev–Trinajstić information content (AvgIpc) is 3.28. The molecule has 0 unspecified atom stereocenters. The third-order valence-corrected chi connectivity index (χ3v) is 4.60. The maximum atomic E-state index is 4.72. The van der Waals surface area contributed by atoms with Gasteiger partial charge in [0.15, 0.2) is 22.9 Å². The summed E-state index contributed by atoms with van der Waals surface area (Å²) in [6.45, 7) is 3.93. The molecule has 7 heteroatoms. The Balaban J connectivity index is 1.47. The first-order chi connectivity index (χ1) is 12.7. The standard InChI is InChI=1S/C19H17N7/c1-12-11-20-13(2)18-21-17(24-26(12)18)8-7-16-22-19-15-6-4-3-5-14(15)9-10-25(19)23-16/h3-6,9-11H,7-8H2,1-2H3. The molecule has 5 rings (SSSR count). The van der Waals surface area contributed by atoms with E-state index in [9.17, 15) is 0 Å². The number of hydrogen-bond acceptors (Lipinski definition) is 5. The molecule has 0 radical (unpaired) electrons. The van der Waals surface area contributed by atoms with Gasteiger partial charge in [0.1, 0.15) is 0 Å². The molecule has 0 fully saturated rings. The van der Waals surface area contributed by atoms with Crippen molar-refractivity contribution in [3.05, 3.63) is 65.8 Å². The van der Waals surface area contributed by atoms with Crippen molar-refractivity contribution in [1.82, 2.24) is 34.2 Å². The van der Waals surface area contributed by atoms with E-state index in [0.717, 1.165) is 39.7 Å². The van der Waals surface area contributed by atoms with Crippen LogP contribution in [0.1, 0.15) is 23.0 Å². The Morgan fingerprint density at radius 1 is 0.885 bits per heavy atom. The van der Waals surface area contributed by atoms with Gasteiger partial charge in [-0.05, 0) is 25.3 Å². The van der Waals surface area contributed by atoms with Crippen LogP contribution < -0.4 is 0 Å². The predicted octanol–water partition coefficient (Wildman–Crippen LogP) is 2.72.